The number of rotatable bonds is 18. The van der Waals surface area contributed by atoms with Gasteiger partial charge in [-0.1, -0.05) is 127 Å². The molecule has 7 aromatic rings. The maximum atomic E-state index is 14.5. The summed E-state index contributed by atoms with van der Waals surface area (Å²) in [7, 11) is 0. The molecule has 0 aromatic heterocycles. The third kappa shape index (κ3) is 13.8. The lowest BCUT2D eigenvalue weighted by Gasteiger charge is -2.48. The Morgan fingerprint density at radius 3 is 0.886 bits per heavy atom. The highest BCUT2D eigenvalue weighted by atomic mass is 16.8. The van der Waals surface area contributed by atoms with E-state index in [2.05, 4.69) is 0 Å². The number of benzene rings is 7. The smallest absolute Gasteiger partial charge is 0.338 e. The predicted octanol–water partition coefficient (Wildman–Crippen LogP) is 7.66. The quantitative estimate of drug-likeness (QED) is 0.0642. The van der Waals surface area contributed by atoms with E-state index in [0.29, 0.717) is 0 Å². The van der Waals surface area contributed by atoms with Crippen LogP contribution >= 0.6 is 0 Å². The second-order valence-electron chi connectivity index (χ2n) is 17.8. The molecule has 0 unspecified atom stereocenters. The van der Waals surface area contributed by atoms with Gasteiger partial charge < -0.3 is 52.5 Å². The maximum Gasteiger partial charge on any atom is 0.338 e. The van der Waals surface area contributed by atoms with Crippen LogP contribution in [-0.2, 0) is 47.4 Å². The Morgan fingerprint density at radius 1 is 0.304 bits per heavy atom. The van der Waals surface area contributed by atoms with Gasteiger partial charge in [0, 0.05) is 0 Å². The van der Waals surface area contributed by atoms with Crippen molar-refractivity contribution in [3.63, 3.8) is 0 Å². The van der Waals surface area contributed by atoms with Crippen LogP contribution in [0.2, 0.25) is 0 Å². The van der Waals surface area contributed by atoms with Crippen molar-refractivity contribution < 1.29 is 86.0 Å². The van der Waals surface area contributed by atoms with Gasteiger partial charge in [-0.25, -0.2) is 33.6 Å². The Bertz CT molecular complexity index is 3170. The van der Waals surface area contributed by atoms with Gasteiger partial charge in [-0.15, -0.1) is 0 Å². The zero-order valence-electron chi connectivity index (χ0n) is 41.8. The Labute approximate surface area is 452 Å². The standard InChI is InChI=1S/C61H50O18/c62-53(38-22-8-1-9-23-38)70-36-45-47(74-55(64)40-26-12-3-13-27-40)49(51(60(69)72-45)77-58(67)43-32-18-6-19-33-43)79-61-52(78-59(68)44-34-20-7-21-35-44)50(76-57(66)42-30-16-5-17-31-42)48(75-56(65)41-28-14-4-15-29-41)46(73-61)37-71-54(63)39-24-10-2-11-25-39/h1-35,45-52,60-61,69H,36-37H2/t45-,46-,47-,48-,49+,50+,51+,52+,60+,61-/m1/s1. The fourth-order valence-electron chi connectivity index (χ4n) is 8.59. The number of hydrogen-bond donors (Lipinski definition) is 1. The molecule has 0 amide bonds. The van der Waals surface area contributed by atoms with Gasteiger partial charge in [0.05, 0.1) is 38.9 Å². The van der Waals surface area contributed by atoms with Gasteiger partial charge in [0.25, 0.3) is 0 Å². The fourth-order valence-corrected chi connectivity index (χ4v) is 8.59. The first-order valence-corrected chi connectivity index (χ1v) is 24.9. The molecule has 2 heterocycles. The first-order chi connectivity index (χ1) is 38.5. The predicted molar refractivity (Wildman–Crippen MR) is 276 cm³/mol. The van der Waals surface area contributed by atoms with Crippen molar-refractivity contribution in [1.29, 1.82) is 0 Å². The van der Waals surface area contributed by atoms with E-state index in [1.54, 1.807) is 127 Å². The molecule has 402 valence electrons. The monoisotopic (exact) mass is 1070 g/mol. The van der Waals surface area contributed by atoms with E-state index >= 15 is 0 Å². The van der Waals surface area contributed by atoms with Gasteiger partial charge in [0.15, 0.2) is 43.1 Å². The van der Waals surface area contributed by atoms with E-state index in [1.807, 2.05) is 0 Å². The van der Waals surface area contributed by atoms with E-state index in [4.69, 9.17) is 47.4 Å². The summed E-state index contributed by atoms with van der Waals surface area (Å²) >= 11 is 0. The molecule has 2 aliphatic heterocycles. The molecule has 0 saturated carbocycles. The lowest BCUT2D eigenvalue weighted by atomic mass is 9.95. The van der Waals surface area contributed by atoms with Crippen LogP contribution in [0.4, 0.5) is 0 Å². The third-order valence-corrected chi connectivity index (χ3v) is 12.5. The molecule has 0 spiro atoms. The summed E-state index contributed by atoms with van der Waals surface area (Å²) < 4.78 is 61.9. The highest BCUT2D eigenvalue weighted by Crippen LogP contribution is 2.37. The van der Waals surface area contributed by atoms with Crippen LogP contribution in [0.3, 0.4) is 0 Å². The first kappa shape index (κ1) is 54.5. The van der Waals surface area contributed by atoms with Crippen molar-refractivity contribution in [3.05, 3.63) is 251 Å². The minimum atomic E-state index is -2.16. The van der Waals surface area contributed by atoms with Gasteiger partial charge in [-0.3, -0.25) is 0 Å². The Balaban J connectivity index is 1.18. The molecule has 0 aliphatic carbocycles. The van der Waals surface area contributed by atoms with E-state index in [-0.39, 0.29) is 38.9 Å². The molecule has 2 fully saturated rings. The molecular formula is C61H50O18. The molecule has 2 saturated heterocycles. The van der Waals surface area contributed by atoms with Crippen LogP contribution < -0.4 is 0 Å². The van der Waals surface area contributed by atoms with Crippen LogP contribution in [0.1, 0.15) is 72.5 Å². The molecule has 0 bridgehead atoms. The number of esters is 7. The van der Waals surface area contributed by atoms with Crippen LogP contribution in [0.25, 0.3) is 0 Å². The molecular weight excluding hydrogens is 1020 g/mol. The highest BCUT2D eigenvalue weighted by Gasteiger charge is 2.58. The zero-order valence-corrected chi connectivity index (χ0v) is 41.8. The SMILES string of the molecule is O=C(OC[C@H]1O[C@H](O[C@@H]2[C@H](OC(=O)c3ccccc3)[C@@H](O)O[C@H](COC(=O)c3ccccc3)[C@H]2OC(=O)c2ccccc2)[C@@H](OC(=O)c2ccccc2)[C@@H](OC(=O)c2ccccc2)[C@@H]1OC(=O)c1ccccc1)c1ccccc1. The number of carbonyl (C=O) groups is 7. The third-order valence-electron chi connectivity index (χ3n) is 12.5. The van der Waals surface area contributed by atoms with Crippen LogP contribution in [-0.4, -0.2) is 122 Å². The van der Waals surface area contributed by atoms with E-state index in [0.717, 1.165) is 0 Å². The molecule has 10 atom stereocenters. The molecule has 0 radical (unpaired) electrons. The van der Waals surface area contributed by atoms with Gasteiger partial charge in [-0.05, 0) is 84.9 Å². The number of carbonyl (C=O) groups excluding carboxylic acids is 7. The van der Waals surface area contributed by atoms with Gasteiger partial charge in [-0.2, -0.15) is 0 Å². The molecule has 18 nitrogen and oxygen atoms in total. The van der Waals surface area contributed by atoms with Crippen molar-refractivity contribution >= 4 is 41.8 Å². The maximum absolute atomic E-state index is 14.5. The summed E-state index contributed by atoms with van der Waals surface area (Å²) in [6.07, 6.45) is -19.1. The lowest BCUT2D eigenvalue weighted by molar-refractivity contribution is -0.352. The largest absolute Gasteiger partial charge is 0.459 e. The van der Waals surface area contributed by atoms with Crippen molar-refractivity contribution in [1.82, 2.24) is 0 Å². The average molecular weight is 1070 g/mol. The molecule has 2 aliphatic rings. The Kier molecular flexibility index (Phi) is 18.0. The normalized spacial score (nSPS) is 22.4. The zero-order chi connectivity index (χ0) is 55.1. The second-order valence-corrected chi connectivity index (χ2v) is 17.8. The van der Waals surface area contributed by atoms with Crippen LogP contribution in [0.5, 0.6) is 0 Å². The highest BCUT2D eigenvalue weighted by molar-refractivity contribution is 5.93. The number of hydrogen-bond acceptors (Lipinski definition) is 18. The second kappa shape index (κ2) is 26.1. The van der Waals surface area contributed by atoms with Crippen LogP contribution in [0.15, 0.2) is 212 Å². The van der Waals surface area contributed by atoms with Crippen molar-refractivity contribution in [2.45, 2.75) is 61.4 Å². The minimum Gasteiger partial charge on any atom is -0.459 e. The van der Waals surface area contributed by atoms with Gasteiger partial charge >= 0.3 is 41.8 Å². The molecule has 1 N–H and O–H groups in total. The number of aliphatic hydroxyl groups is 1. The van der Waals surface area contributed by atoms with Gasteiger partial charge in [0.2, 0.25) is 0 Å². The summed E-state index contributed by atoms with van der Waals surface area (Å²) in [5.74, 6) is -6.72. The summed E-state index contributed by atoms with van der Waals surface area (Å²) in [4.78, 5) is 98.6. The average Bonchev–Trinajstić information content (AvgIpc) is 3.54. The van der Waals surface area contributed by atoms with Crippen molar-refractivity contribution in [2.24, 2.45) is 0 Å². The first-order valence-electron chi connectivity index (χ1n) is 24.9. The number of ether oxygens (including phenoxy) is 10. The van der Waals surface area contributed by atoms with Gasteiger partial charge in [0.1, 0.15) is 31.5 Å². The molecule has 79 heavy (non-hydrogen) atoms. The lowest BCUT2D eigenvalue weighted by Crippen LogP contribution is -2.67. The number of aliphatic hydroxyl groups excluding tert-OH is 1. The van der Waals surface area contributed by atoms with E-state index in [1.165, 1.54) is 84.9 Å². The molecule has 18 heteroatoms. The van der Waals surface area contributed by atoms with E-state index < -0.39 is 116 Å². The molecule has 9 rings (SSSR count). The summed E-state index contributed by atoms with van der Waals surface area (Å²) in [5, 5.41) is 12.0. The topological polar surface area (TPSA) is 232 Å². The Morgan fingerprint density at radius 2 is 0.557 bits per heavy atom. The van der Waals surface area contributed by atoms with E-state index in [9.17, 15) is 38.7 Å². The Hall–Kier alpha value is -9.33. The summed E-state index contributed by atoms with van der Waals surface area (Å²) in [5.41, 5.74) is 0.295. The summed E-state index contributed by atoms with van der Waals surface area (Å²) in [6.45, 7) is -1.48. The minimum absolute atomic E-state index is 0.000933. The van der Waals surface area contributed by atoms with Crippen LogP contribution in [0, 0.1) is 0 Å². The fraction of sp³-hybridized carbons (Fsp3) is 0.197. The van der Waals surface area contributed by atoms with Crippen molar-refractivity contribution in [2.75, 3.05) is 13.2 Å². The summed E-state index contributed by atoms with van der Waals surface area (Å²) in [6, 6.07) is 54.1. The van der Waals surface area contributed by atoms with Crippen molar-refractivity contribution in [3.8, 4) is 0 Å². The molecule has 7 aromatic carbocycles.